The molecule has 4 rings (SSSR count). The average Bonchev–Trinajstić information content (AvgIpc) is 3.25. The monoisotopic (exact) mass is 518 g/mol. The van der Waals surface area contributed by atoms with Crippen molar-refractivity contribution in [2.45, 2.75) is 24.7 Å². The van der Waals surface area contributed by atoms with Crippen molar-refractivity contribution in [3.63, 3.8) is 0 Å². The van der Waals surface area contributed by atoms with Gasteiger partial charge in [-0.3, -0.25) is 4.72 Å². The molecule has 0 saturated heterocycles. The Hall–Kier alpha value is -3.08. The van der Waals surface area contributed by atoms with Crippen LogP contribution in [0, 0.1) is 5.82 Å². The molecule has 2 aromatic carbocycles. The number of halogens is 2. The van der Waals surface area contributed by atoms with E-state index >= 15 is 0 Å². The third-order valence-corrected chi connectivity index (χ3v) is 7.76. The molecular formula is C23H20ClFN4O3S2. The van der Waals surface area contributed by atoms with Crippen LogP contribution in [-0.4, -0.2) is 30.5 Å². The third-order valence-electron chi connectivity index (χ3n) is 4.80. The van der Waals surface area contributed by atoms with Crippen LogP contribution in [0.3, 0.4) is 0 Å². The van der Waals surface area contributed by atoms with Crippen LogP contribution in [0.4, 0.5) is 10.1 Å². The number of hydrogen-bond donors (Lipinski definition) is 1. The van der Waals surface area contributed by atoms with Gasteiger partial charge in [0.25, 0.3) is 10.0 Å². The van der Waals surface area contributed by atoms with E-state index in [0.29, 0.717) is 17.0 Å². The number of anilines is 1. The lowest BCUT2D eigenvalue weighted by Crippen LogP contribution is -2.14. The zero-order chi connectivity index (χ0) is 24.5. The first-order valence-corrected chi connectivity index (χ1v) is 12.8. The number of nitrogens with one attached hydrogen (secondary N) is 1. The minimum atomic E-state index is -4.12. The molecule has 0 bridgehead atoms. The SMILES string of the molecule is COc1ccc(F)cc1S(=O)(=O)Nc1cccc(-c2nc(C(C)C)sc2-c2ccnc(Cl)n2)c1. The maximum atomic E-state index is 13.8. The van der Waals surface area contributed by atoms with Crippen LogP contribution < -0.4 is 9.46 Å². The van der Waals surface area contributed by atoms with Gasteiger partial charge in [0.15, 0.2) is 0 Å². The standard InChI is InChI=1S/C23H20ClFN4O3S2/c1-13(2)22-28-20(21(33-22)17-9-10-26-23(24)27-17)14-5-4-6-16(11-14)29-34(30,31)19-12-15(25)7-8-18(19)32-3/h4-13,29H,1-3H3. The summed E-state index contributed by atoms with van der Waals surface area (Å²) in [5, 5.41) is 1.02. The summed E-state index contributed by atoms with van der Waals surface area (Å²) in [4.78, 5) is 13.5. The van der Waals surface area contributed by atoms with Crippen molar-refractivity contribution < 1.29 is 17.5 Å². The molecule has 0 aliphatic heterocycles. The van der Waals surface area contributed by atoms with Crippen LogP contribution in [0.2, 0.25) is 5.28 Å². The minimum absolute atomic E-state index is 0.0362. The van der Waals surface area contributed by atoms with E-state index in [-0.39, 0.29) is 27.5 Å². The Labute approximate surface area is 205 Å². The molecular weight excluding hydrogens is 499 g/mol. The summed E-state index contributed by atoms with van der Waals surface area (Å²) in [5.74, 6) is -0.474. The van der Waals surface area contributed by atoms with E-state index in [1.807, 2.05) is 19.9 Å². The number of benzene rings is 2. The van der Waals surface area contributed by atoms with Gasteiger partial charge in [-0.15, -0.1) is 11.3 Å². The highest BCUT2D eigenvalue weighted by molar-refractivity contribution is 7.92. The molecule has 0 aliphatic rings. The molecule has 0 saturated carbocycles. The molecule has 0 spiro atoms. The topological polar surface area (TPSA) is 94.1 Å². The van der Waals surface area contributed by atoms with Crippen molar-refractivity contribution in [3.05, 3.63) is 70.8 Å². The van der Waals surface area contributed by atoms with Crippen LogP contribution in [0.1, 0.15) is 24.8 Å². The fourth-order valence-electron chi connectivity index (χ4n) is 3.21. The zero-order valence-corrected chi connectivity index (χ0v) is 20.8. The Bertz CT molecular complexity index is 1460. The van der Waals surface area contributed by atoms with Gasteiger partial charge in [0.2, 0.25) is 5.28 Å². The van der Waals surface area contributed by atoms with E-state index in [4.69, 9.17) is 21.3 Å². The molecule has 2 heterocycles. The van der Waals surface area contributed by atoms with Crippen LogP contribution in [0.5, 0.6) is 5.75 Å². The van der Waals surface area contributed by atoms with Gasteiger partial charge in [-0.05, 0) is 48.0 Å². The number of rotatable bonds is 7. The normalized spacial score (nSPS) is 11.6. The van der Waals surface area contributed by atoms with Crippen molar-refractivity contribution in [1.82, 2.24) is 15.0 Å². The quantitative estimate of drug-likeness (QED) is 0.302. The van der Waals surface area contributed by atoms with Gasteiger partial charge in [0, 0.05) is 23.4 Å². The van der Waals surface area contributed by atoms with Gasteiger partial charge in [-0.1, -0.05) is 26.0 Å². The predicted octanol–water partition coefficient (Wildman–Crippen LogP) is 5.99. The Kier molecular flexibility index (Phi) is 6.83. The van der Waals surface area contributed by atoms with E-state index in [1.54, 1.807) is 30.5 Å². The predicted molar refractivity (Wildman–Crippen MR) is 131 cm³/mol. The first kappa shape index (κ1) is 24.1. The molecule has 11 heteroatoms. The fourth-order valence-corrected chi connectivity index (χ4v) is 5.65. The minimum Gasteiger partial charge on any atom is -0.495 e. The maximum Gasteiger partial charge on any atom is 0.265 e. The molecule has 0 aliphatic carbocycles. The highest BCUT2D eigenvalue weighted by atomic mass is 35.5. The van der Waals surface area contributed by atoms with Crippen molar-refractivity contribution in [2.24, 2.45) is 0 Å². The maximum absolute atomic E-state index is 13.8. The molecule has 7 nitrogen and oxygen atoms in total. The average molecular weight is 519 g/mol. The van der Waals surface area contributed by atoms with Crippen LogP contribution in [0.25, 0.3) is 21.8 Å². The van der Waals surface area contributed by atoms with E-state index in [2.05, 4.69) is 14.7 Å². The lowest BCUT2D eigenvalue weighted by atomic mass is 10.1. The molecule has 0 atom stereocenters. The smallest absolute Gasteiger partial charge is 0.265 e. The molecule has 2 aromatic heterocycles. The number of ether oxygens (including phenoxy) is 1. The molecule has 176 valence electrons. The number of methoxy groups -OCH3 is 1. The largest absolute Gasteiger partial charge is 0.495 e. The summed E-state index contributed by atoms with van der Waals surface area (Å²) in [7, 11) is -2.80. The summed E-state index contributed by atoms with van der Waals surface area (Å²) < 4.78 is 47.4. The summed E-state index contributed by atoms with van der Waals surface area (Å²) in [6.45, 7) is 4.08. The summed E-state index contributed by atoms with van der Waals surface area (Å²) in [6, 6.07) is 11.9. The van der Waals surface area contributed by atoms with Crippen molar-refractivity contribution >= 4 is 38.6 Å². The number of hydrogen-bond acceptors (Lipinski definition) is 7. The molecule has 1 N–H and O–H groups in total. The molecule has 34 heavy (non-hydrogen) atoms. The molecule has 4 aromatic rings. The van der Waals surface area contributed by atoms with Gasteiger partial charge in [-0.2, -0.15) is 0 Å². The zero-order valence-electron chi connectivity index (χ0n) is 18.4. The molecule has 0 unspecified atom stereocenters. The van der Waals surface area contributed by atoms with E-state index in [1.165, 1.54) is 24.5 Å². The fraction of sp³-hybridized carbons (Fsp3) is 0.174. The summed E-state index contributed by atoms with van der Waals surface area (Å²) in [6.07, 6.45) is 1.57. The van der Waals surface area contributed by atoms with Crippen LogP contribution >= 0.6 is 22.9 Å². The summed E-state index contributed by atoms with van der Waals surface area (Å²) in [5.41, 5.74) is 2.23. The van der Waals surface area contributed by atoms with E-state index in [9.17, 15) is 12.8 Å². The second-order valence-electron chi connectivity index (χ2n) is 7.58. The third kappa shape index (κ3) is 5.03. The lowest BCUT2D eigenvalue weighted by Gasteiger charge is -2.12. The highest BCUT2D eigenvalue weighted by Gasteiger charge is 2.22. The van der Waals surface area contributed by atoms with Crippen LogP contribution in [0.15, 0.2) is 59.6 Å². The van der Waals surface area contributed by atoms with Crippen molar-refractivity contribution in [2.75, 3.05) is 11.8 Å². The van der Waals surface area contributed by atoms with E-state index < -0.39 is 15.8 Å². The Balaban J connectivity index is 1.76. The second kappa shape index (κ2) is 9.65. The first-order valence-electron chi connectivity index (χ1n) is 10.1. The summed E-state index contributed by atoms with van der Waals surface area (Å²) >= 11 is 7.49. The molecule has 0 radical (unpaired) electrons. The molecule has 0 fully saturated rings. The van der Waals surface area contributed by atoms with Gasteiger partial charge < -0.3 is 4.74 Å². The second-order valence-corrected chi connectivity index (χ2v) is 10.6. The van der Waals surface area contributed by atoms with Gasteiger partial charge >= 0.3 is 0 Å². The Morgan fingerprint density at radius 3 is 2.62 bits per heavy atom. The van der Waals surface area contributed by atoms with Crippen molar-refractivity contribution in [3.8, 4) is 27.6 Å². The van der Waals surface area contributed by atoms with E-state index in [0.717, 1.165) is 22.0 Å². The lowest BCUT2D eigenvalue weighted by molar-refractivity contribution is 0.401. The van der Waals surface area contributed by atoms with Crippen molar-refractivity contribution in [1.29, 1.82) is 0 Å². The Morgan fingerprint density at radius 2 is 1.91 bits per heavy atom. The molecule has 0 amide bonds. The van der Waals surface area contributed by atoms with Gasteiger partial charge in [0.05, 0.1) is 28.4 Å². The highest BCUT2D eigenvalue weighted by Crippen LogP contribution is 2.39. The number of sulfonamides is 1. The van der Waals surface area contributed by atoms with Crippen LogP contribution in [-0.2, 0) is 10.0 Å². The van der Waals surface area contributed by atoms with Gasteiger partial charge in [0.1, 0.15) is 16.5 Å². The first-order chi connectivity index (χ1) is 16.2. The number of thiazole rings is 1. The Morgan fingerprint density at radius 1 is 1.12 bits per heavy atom. The van der Waals surface area contributed by atoms with Gasteiger partial charge in [-0.25, -0.2) is 27.8 Å². The number of nitrogens with zero attached hydrogens (tertiary/aromatic N) is 3. The number of aromatic nitrogens is 3.